The topological polar surface area (TPSA) is 140 Å². The number of nitrogens with zero attached hydrogens (tertiary/aromatic N) is 3. The van der Waals surface area contributed by atoms with Gasteiger partial charge in [-0.25, -0.2) is 9.78 Å². The van der Waals surface area contributed by atoms with Gasteiger partial charge in [0.2, 0.25) is 11.7 Å². The van der Waals surface area contributed by atoms with Crippen LogP contribution in [0.4, 0.5) is 18.0 Å². The van der Waals surface area contributed by atoms with Gasteiger partial charge in [0.05, 0.1) is 6.04 Å². The van der Waals surface area contributed by atoms with Crippen LogP contribution in [0.1, 0.15) is 28.4 Å². The molecule has 0 saturated carbocycles. The molecular formula is C28H28F3N5O6. The lowest BCUT2D eigenvalue weighted by molar-refractivity contribution is -0.157. The number of nitrogens with two attached hydrogens (primary N) is 1. The van der Waals surface area contributed by atoms with E-state index in [1.54, 1.807) is 41.3 Å². The zero-order chi connectivity index (χ0) is 29.9. The van der Waals surface area contributed by atoms with Crippen LogP contribution in [0.2, 0.25) is 0 Å². The highest BCUT2D eigenvalue weighted by molar-refractivity contribution is 5.97. The van der Waals surface area contributed by atoms with E-state index in [9.17, 15) is 27.6 Å². The molecule has 3 heterocycles. The second kappa shape index (κ2) is 12.1. The number of oxazole rings is 1. The van der Waals surface area contributed by atoms with Crippen molar-refractivity contribution >= 4 is 17.9 Å². The van der Waals surface area contributed by atoms with E-state index in [0.717, 1.165) is 10.5 Å². The average Bonchev–Trinajstić information content (AvgIpc) is 3.59. The van der Waals surface area contributed by atoms with Crippen LogP contribution < -0.4 is 15.8 Å². The van der Waals surface area contributed by atoms with Crippen LogP contribution in [0, 0.1) is 0 Å². The second-order valence-electron chi connectivity index (χ2n) is 9.95. The number of hydrogen-bond donors (Lipinski definition) is 2. The Labute approximate surface area is 238 Å². The molecule has 2 aromatic carbocycles. The summed E-state index contributed by atoms with van der Waals surface area (Å²) < 4.78 is 56.6. The van der Waals surface area contributed by atoms with E-state index in [2.05, 4.69) is 10.3 Å². The van der Waals surface area contributed by atoms with Crippen molar-refractivity contribution in [3.8, 4) is 17.0 Å². The Hall–Kier alpha value is -4.59. The SMILES string of the molecule is N[C@H]1C[C@H]2COc3cccc(c3)-c3nc(C(F)(F)F)oc3C(=O)NCCN(C(=O)OCc3ccccc3)CC(=O)N2C1. The highest BCUT2D eigenvalue weighted by Crippen LogP contribution is 2.34. The highest BCUT2D eigenvalue weighted by Gasteiger charge is 2.40. The molecule has 1 fully saturated rings. The summed E-state index contributed by atoms with van der Waals surface area (Å²) in [5, 5.41) is 2.45. The highest BCUT2D eigenvalue weighted by atomic mass is 19.4. The first kappa shape index (κ1) is 28.9. The fourth-order valence-electron chi connectivity index (χ4n) is 4.82. The zero-order valence-electron chi connectivity index (χ0n) is 22.3. The Bertz CT molecular complexity index is 1450. The Morgan fingerprint density at radius 2 is 1.93 bits per heavy atom. The molecule has 1 aromatic heterocycles. The molecule has 3 N–H and O–H groups in total. The van der Waals surface area contributed by atoms with Gasteiger partial charge in [-0.2, -0.15) is 13.2 Å². The van der Waals surface area contributed by atoms with Crippen LogP contribution in [-0.4, -0.2) is 77.6 Å². The van der Waals surface area contributed by atoms with E-state index >= 15 is 0 Å². The first-order chi connectivity index (χ1) is 20.1. The van der Waals surface area contributed by atoms with Crippen molar-refractivity contribution in [3.63, 3.8) is 0 Å². The van der Waals surface area contributed by atoms with Gasteiger partial charge >= 0.3 is 18.2 Å². The first-order valence-corrected chi connectivity index (χ1v) is 13.2. The summed E-state index contributed by atoms with van der Waals surface area (Å²) in [7, 11) is 0. The molecule has 0 spiro atoms. The van der Waals surface area contributed by atoms with Crippen LogP contribution in [0.5, 0.6) is 5.75 Å². The Morgan fingerprint density at radius 3 is 2.69 bits per heavy atom. The molecule has 0 aliphatic carbocycles. The van der Waals surface area contributed by atoms with Gasteiger partial charge in [-0.1, -0.05) is 42.5 Å². The third-order valence-electron chi connectivity index (χ3n) is 6.85. The van der Waals surface area contributed by atoms with Crippen molar-refractivity contribution in [2.24, 2.45) is 5.73 Å². The maximum Gasteiger partial charge on any atom is 0.468 e. The number of fused-ring (bicyclic) bond motifs is 5. The molecule has 3 amide bonds. The lowest BCUT2D eigenvalue weighted by Crippen LogP contribution is -2.48. The molecule has 0 unspecified atom stereocenters. The first-order valence-electron chi connectivity index (χ1n) is 13.2. The molecule has 222 valence electrons. The minimum Gasteiger partial charge on any atom is -0.491 e. The number of carbonyl (C=O) groups is 3. The Morgan fingerprint density at radius 1 is 1.14 bits per heavy atom. The molecule has 14 heteroatoms. The van der Waals surface area contributed by atoms with Gasteiger partial charge in [-0.05, 0) is 24.1 Å². The molecule has 5 rings (SSSR count). The van der Waals surface area contributed by atoms with Gasteiger partial charge in [-0.15, -0.1) is 0 Å². The number of carbonyl (C=O) groups excluding carboxylic acids is 3. The number of alkyl halides is 3. The molecule has 42 heavy (non-hydrogen) atoms. The molecule has 2 atom stereocenters. The molecule has 2 aliphatic rings. The van der Waals surface area contributed by atoms with E-state index in [1.807, 2.05) is 6.07 Å². The van der Waals surface area contributed by atoms with E-state index in [4.69, 9.17) is 19.6 Å². The standard InChI is InChI=1S/C28H28F3N5O6/c29-28(30,31)26-34-23-18-7-4-8-21(11-18)40-16-20-12-19(32)13-36(20)22(37)14-35(10-9-33-25(38)24(23)42-26)27(39)41-15-17-5-2-1-3-6-17/h1-8,11,19-20H,9-10,12-16,32H2,(H,33,38)/t19-,20-/m0/s1. The normalized spacial score (nSPS) is 19.9. The predicted octanol–water partition coefficient (Wildman–Crippen LogP) is 3.05. The number of nitrogens with one attached hydrogen (secondary N) is 1. The van der Waals surface area contributed by atoms with Gasteiger partial charge in [0, 0.05) is 31.2 Å². The van der Waals surface area contributed by atoms with Crippen molar-refractivity contribution in [1.82, 2.24) is 20.1 Å². The third-order valence-corrected chi connectivity index (χ3v) is 6.85. The average molecular weight is 588 g/mol. The summed E-state index contributed by atoms with van der Waals surface area (Å²) in [4.78, 5) is 45.6. The fourth-order valence-corrected chi connectivity index (χ4v) is 4.82. The summed E-state index contributed by atoms with van der Waals surface area (Å²) in [6, 6.07) is 14.2. The minimum absolute atomic E-state index is 0.0430. The van der Waals surface area contributed by atoms with E-state index in [1.165, 1.54) is 12.1 Å². The predicted molar refractivity (Wildman–Crippen MR) is 141 cm³/mol. The number of rotatable bonds is 2. The number of benzene rings is 2. The van der Waals surface area contributed by atoms with Gasteiger partial charge in [0.25, 0.3) is 5.91 Å². The molecule has 1 saturated heterocycles. The second-order valence-corrected chi connectivity index (χ2v) is 9.95. The lowest BCUT2D eigenvalue weighted by atomic mass is 10.1. The fraction of sp³-hybridized carbons (Fsp3) is 0.357. The van der Waals surface area contributed by atoms with E-state index in [0.29, 0.717) is 6.42 Å². The largest absolute Gasteiger partial charge is 0.491 e. The Balaban J connectivity index is 1.44. The summed E-state index contributed by atoms with van der Waals surface area (Å²) in [6.07, 6.45) is -5.30. The Kier molecular flexibility index (Phi) is 8.34. The van der Waals surface area contributed by atoms with Crippen molar-refractivity contribution in [3.05, 3.63) is 71.8 Å². The van der Waals surface area contributed by atoms with Crippen LogP contribution in [0.15, 0.2) is 59.0 Å². The number of halogens is 3. The maximum atomic E-state index is 13.5. The molecule has 2 bridgehead atoms. The van der Waals surface area contributed by atoms with Crippen LogP contribution in [0.25, 0.3) is 11.3 Å². The summed E-state index contributed by atoms with van der Waals surface area (Å²) in [5.41, 5.74) is 6.71. The lowest BCUT2D eigenvalue weighted by Gasteiger charge is -2.28. The van der Waals surface area contributed by atoms with Gasteiger partial charge < -0.3 is 29.8 Å². The van der Waals surface area contributed by atoms with Crippen LogP contribution >= 0.6 is 0 Å². The van der Waals surface area contributed by atoms with Crippen LogP contribution in [0.3, 0.4) is 0 Å². The van der Waals surface area contributed by atoms with Gasteiger partial charge in [0.15, 0.2) is 0 Å². The number of amides is 3. The van der Waals surface area contributed by atoms with Crippen molar-refractivity contribution < 1.29 is 41.4 Å². The van der Waals surface area contributed by atoms with E-state index < -0.39 is 41.8 Å². The van der Waals surface area contributed by atoms with Crippen molar-refractivity contribution in [1.29, 1.82) is 0 Å². The molecule has 0 radical (unpaired) electrons. The molecule has 2 aliphatic heterocycles. The molecule has 11 nitrogen and oxygen atoms in total. The van der Waals surface area contributed by atoms with Crippen molar-refractivity contribution in [2.75, 3.05) is 32.8 Å². The number of aromatic nitrogens is 1. The van der Waals surface area contributed by atoms with Gasteiger partial charge in [0.1, 0.15) is 31.2 Å². The molecule has 3 aromatic rings. The molecular weight excluding hydrogens is 559 g/mol. The number of ether oxygens (including phenoxy) is 2. The van der Waals surface area contributed by atoms with Crippen LogP contribution in [-0.2, 0) is 22.3 Å². The monoisotopic (exact) mass is 587 g/mol. The number of hydrogen-bond acceptors (Lipinski definition) is 8. The minimum atomic E-state index is -4.94. The zero-order valence-corrected chi connectivity index (χ0v) is 22.3. The maximum absolute atomic E-state index is 13.5. The van der Waals surface area contributed by atoms with E-state index in [-0.39, 0.29) is 62.4 Å². The summed E-state index contributed by atoms with van der Waals surface area (Å²) >= 11 is 0. The van der Waals surface area contributed by atoms with Gasteiger partial charge in [-0.3, -0.25) is 14.5 Å². The smallest absolute Gasteiger partial charge is 0.468 e. The summed E-state index contributed by atoms with van der Waals surface area (Å²) in [6.45, 7) is -0.549. The summed E-state index contributed by atoms with van der Waals surface area (Å²) in [5.74, 6) is -3.34. The van der Waals surface area contributed by atoms with Crippen molar-refractivity contribution in [2.45, 2.75) is 31.3 Å². The quantitative estimate of drug-likeness (QED) is 0.466. The third kappa shape index (κ3) is 6.65.